The molecular formula is C10H16F2N2. The molecule has 80 valence electrons. The summed E-state index contributed by atoms with van der Waals surface area (Å²) in [5, 5.41) is 2.74. The fourth-order valence-corrected chi connectivity index (χ4v) is 0.817. The molecule has 0 amide bonds. The minimum absolute atomic E-state index is 0.0747. The van der Waals surface area contributed by atoms with E-state index in [0.717, 1.165) is 6.92 Å². The Balaban J connectivity index is 0.000000791. The van der Waals surface area contributed by atoms with Crippen molar-refractivity contribution < 1.29 is 8.78 Å². The van der Waals surface area contributed by atoms with E-state index in [2.05, 4.69) is 10.3 Å². The van der Waals surface area contributed by atoms with E-state index in [1.807, 2.05) is 13.8 Å². The second-order valence-corrected chi connectivity index (χ2v) is 2.60. The molecule has 0 saturated carbocycles. The van der Waals surface area contributed by atoms with Crippen LogP contribution in [0.5, 0.6) is 0 Å². The van der Waals surface area contributed by atoms with Gasteiger partial charge in [0, 0.05) is 31.9 Å². The first-order chi connectivity index (χ1) is 6.54. The third kappa shape index (κ3) is 3.68. The summed E-state index contributed by atoms with van der Waals surface area (Å²) < 4.78 is 25.4. The Bertz CT molecular complexity index is 269. The molecule has 0 saturated heterocycles. The molecule has 1 heterocycles. The molecule has 4 heteroatoms. The Kier molecular flexibility index (Phi) is 5.05. The Morgan fingerprint density at radius 1 is 1.29 bits per heavy atom. The zero-order valence-electron chi connectivity index (χ0n) is 8.94. The van der Waals surface area contributed by atoms with Gasteiger partial charge in [-0.25, -0.2) is 8.78 Å². The van der Waals surface area contributed by atoms with Crippen LogP contribution in [-0.2, 0) is 5.92 Å². The van der Waals surface area contributed by atoms with Gasteiger partial charge < -0.3 is 5.32 Å². The SMILES string of the molecule is CC.CNc1cncc(C(C)(F)F)c1. The lowest BCUT2D eigenvalue weighted by molar-refractivity contribution is 0.0172. The Labute approximate surface area is 83.4 Å². The van der Waals surface area contributed by atoms with Crippen LogP contribution >= 0.6 is 0 Å². The van der Waals surface area contributed by atoms with Crippen LogP contribution in [0.1, 0.15) is 26.3 Å². The zero-order valence-corrected chi connectivity index (χ0v) is 8.94. The highest BCUT2D eigenvalue weighted by molar-refractivity contribution is 5.42. The van der Waals surface area contributed by atoms with Crippen LogP contribution in [0, 0.1) is 0 Å². The summed E-state index contributed by atoms with van der Waals surface area (Å²) in [5.41, 5.74) is 0.517. The quantitative estimate of drug-likeness (QED) is 0.796. The molecule has 0 aromatic carbocycles. The fourth-order valence-electron chi connectivity index (χ4n) is 0.817. The Morgan fingerprint density at radius 2 is 1.86 bits per heavy atom. The van der Waals surface area contributed by atoms with Gasteiger partial charge in [0.05, 0.1) is 5.69 Å². The van der Waals surface area contributed by atoms with E-state index < -0.39 is 5.92 Å². The van der Waals surface area contributed by atoms with Gasteiger partial charge in [0.25, 0.3) is 5.92 Å². The molecule has 0 radical (unpaired) electrons. The molecule has 0 spiro atoms. The molecule has 1 aromatic heterocycles. The molecule has 0 aliphatic heterocycles. The van der Waals surface area contributed by atoms with E-state index in [-0.39, 0.29) is 5.56 Å². The molecule has 1 rings (SSSR count). The van der Waals surface area contributed by atoms with Gasteiger partial charge in [-0.05, 0) is 6.07 Å². The number of anilines is 1. The second kappa shape index (κ2) is 5.52. The molecule has 1 N–H and O–H groups in total. The number of hydrogen-bond acceptors (Lipinski definition) is 2. The van der Waals surface area contributed by atoms with Gasteiger partial charge in [-0.1, -0.05) is 13.8 Å². The van der Waals surface area contributed by atoms with Gasteiger partial charge in [0.15, 0.2) is 0 Å². The third-order valence-electron chi connectivity index (χ3n) is 1.53. The first kappa shape index (κ1) is 12.8. The van der Waals surface area contributed by atoms with Gasteiger partial charge >= 0.3 is 0 Å². The van der Waals surface area contributed by atoms with Crippen LogP contribution in [0.15, 0.2) is 18.5 Å². The van der Waals surface area contributed by atoms with Gasteiger partial charge in [-0.2, -0.15) is 0 Å². The van der Waals surface area contributed by atoms with Crippen LogP contribution < -0.4 is 5.32 Å². The summed E-state index contributed by atoms with van der Waals surface area (Å²) in [6.07, 6.45) is 2.66. The lowest BCUT2D eigenvalue weighted by Crippen LogP contribution is -2.07. The van der Waals surface area contributed by atoms with E-state index in [4.69, 9.17) is 0 Å². The van der Waals surface area contributed by atoms with E-state index in [1.54, 1.807) is 7.05 Å². The second-order valence-electron chi connectivity index (χ2n) is 2.60. The van der Waals surface area contributed by atoms with E-state index >= 15 is 0 Å². The van der Waals surface area contributed by atoms with Gasteiger partial charge in [0.2, 0.25) is 0 Å². The normalized spacial score (nSPS) is 10.1. The van der Waals surface area contributed by atoms with Crippen molar-refractivity contribution in [2.24, 2.45) is 0 Å². The molecule has 0 fully saturated rings. The number of pyridine rings is 1. The maximum atomic E-state index is 12.7. The number of aromatic nitrogens is 1. The van der Waals surface area contributed by atoms with Crippen LogP contribution in [-0.4, -0.2) is 12.0 Å². The van der Waals surface area contributed by atoms with Crippen molar-refractivity contribution in [1.82, 2.24) is 4.98 Å². The molecule has 1 aromatic rings. The number of hydrogen-bond donors (Lipinski definition) is 1. The number of nitrogens with one attached hydrogen (secondary N) is 1. The highest BCUT2D eigenvalue weighted by atomic mass is 19.3. The third-order valence-corrected chi connectivity index (χ3v) is 1.53. The molecule has 2 nitrogen and oxygen atoms in total. The summed E-state index contributed by atoms with van der Waals surface area (Å²) in [6, 6.07) is 1.38. The molecule has 0 bridgehead atoms. The van der Waals surface area contributed by atoms with Crippen molar-refractivity contribution in [2.75, 3.05) is 12.4 Å². The first-order valence-corrected chi connectivity index (χ1v) is 4.55. The van der Waals surface area contributed by atoms with E-state index in [1.165, 1.54) is 18.5 Å². The van der Waals surface area contributed by atoms with Crippen molar-refractivity contribution in [2.45, 2.75) is 26.7 Å². The largest absolute Gasteiger partial charge is 0.387 e. The van der Waals surface area contributed by atoms with Crippen LogP contribution in [0.3, 0.4) is 0 Å². The van der Waals surface area contributed by atoms with Crippen molar-refractivity contribution in [3.05, 3.63) is 24.0 Å². The number of nitrogens with zero attached hydrogens (tertiary/aromatic N) is 1. The summed E-state index contributed by atoms with van der Waals surface area (Å²) in [6.45, 7) is 4.85. The van der Waals surface area contributed by atoms with Crippen molar-refractivity contribution in [3.8, 4) is 0 Å². The minimum atomic E-state index is -2.82. The Morgan fingerprint density at radius 3 is 2.29 bits per heavy atom. The Hall–Kier alpha value is -1.19. The van der Waals surface area contributed by atoms with Crippen LogP contribution in [0.4, 0.5) is 14.5 Å². The lowest BCUT2D eigenvalue weighted by atomic mass is 10.1. The number of halogens is 2. The highest BCUT2D eigenvalue weighted by Crippen LogP contribution is 2.27. The number of rotatable bonds is 2. The predicted molar refractivity (Wildman–Crippen MR) is 54.7 cm³/mol. The summed E-state index contributed by atoms with van der Waals surface area (Å²) in [4.78, 5) is 3.68. The summed E-state index contributed by atoms with van der Waals surface area (Å²) in [5.74, 6) is -2.82. The van der Waals surface area contributed by atoms with Gasteiger partial charge in [-0.3, -0.25) is 4.98 Å². The van der Waals surface area contributed by atoms with Crippen molar-refractivity contribution in [3.63, 3.8) is 0 Å². The van der Waals surface area contributed by atoms with Crippen molar-refractivity contribution >= 4 is 5.69 Å². The highest BCUT2D eigenvalue weighted by Gasteiger charge is 2.24. The summed E-state index contributed by atoms with van der Waals surface area (Å²) >= 11 is 0. The topological polar surface area (TPSA) is 24.9 Å². The molecule has 0 atom stereocenters. The fraction of sp³-hybridized carbons (Fsp3) is 0.500. The van der Waals surface area contributed by atoms with Crippen LogP contribution in [0.25, 0.3) is 0 Å². The van der Waals surface area contributed by atoms with E-state index in [9.17, 15) is 8.78 Å². The summed E-state index contributed by atoms with van der Waals surface area (Å²) in [7, 11) is 1.66. The molecular weight excluding hydrogens is 186 g/mol. The lowest BCUT2D eigenvalue weighted by Gasteiger charge is -2.10. The van der Waals surface area contributed by atoms with Crippen LogP contribution in [0.2, 0.25) is 0 Å². The smallest absolute Gasteiger partial charge is 0.272 e. The maximum absolute atomic E-state index is 12.7. The average Bonchev–Trinajstić information content (AvgIpc) is 2.20. The molecule has 0 aliphatic rings. The molecule has 0 aliphatic carbocycles. The molecule has 14 heavy (non-hydrogen) atoms. The zero-order chi connectivity index (χ0) is 11.2. The maximum Gasteiger partial charge on any atom is 0.272 e. The standard InChI is InChI=1S/C8H10F2N2.C2H6/c1-8(9,10)6-3-7(11-2)5-12-4-6;1-2/h3-5,11H,1-2H3;1-2H3. The van der Waals surface area contributed by atoms with Gasteiger partial charge in [-0.15, -0.1) is 0 Å². The molecule has 0 unspecified atom stereocenters. The van der Waals surface area contributed by atoms with Gasteiger partial charge in [0.1, 0.15) is 0 Å². The van der Waals surface area contributed by atoms with Crippen molar-refractivity contribution in [1.29, 1.82) is 0 Å². The first-order valence-electron chi connectivity index (χ1n) is 4.55. The predicted octanol–water partition coefficient (Wildman–Crippen LogP) is 3.26. The average molecular weight is 202 g/mol. The minimum Gasteiger partial charge on any atom is -0.387 e. The van der Waals surface area contributed by atoms with E-state index in [0.29, 0.717) is 5.69 Å². The monoisotopic (exact) mass is 202 g/mol. The number of alkyl halides is 2.